The lowest BCUT2D eigenvalue weighted by Gasteiger charge is -2.24. The van der Waals surface area contributed by atoms with Crippen LogP contribution in [0.3, 0.4) is 0 Å². The van der Waals surface area contributed by atoms with Crippen LogP contribution < -0.4 is 0 Å². The standard InChI is InChI=1S/C50H94NO7P/c1-6-8-10-12-14-16-18-20-22-23-24-25-26-27-28-29-30-31-33-35-37-39-41-43-50(52)58-49(48-57-59(53,54)56-46-44-51(3,4)5)47-55-45-42-40-38-36-34-32-21-19-17-15-13-11-9-7-2/h17-20,23-24,26-27,49H,6-16,21-22,25,28-48H2,1-5H3/p+1/b19-17-,20-18-,24-23-,27-26-. The second-order valence-corrected chi connectivity index (χ2v) is 18.9. The molecule has 0 aliphatic carbocycles. The Morgan fingerprint density at radius 3 is 1.42 bits per heavy atom. The first-order chi connectivity index (χ1) is 28.6. The normalized spacial score (nSPS) is 14.1. The molecule has 9 heteroatoms. The van der Waals surface area contributed by atoms with Gasteiger partial charge in [0.2, 0.25) is 0 Å². The maximum absolute atomic E-state index is 12.7. The number of hydrogen-bond donors (Lipinski definition) is 1. The van der Waals surface area contributed by atoms with Gasteiger partial charge >= 0.3 is 13.8 Å². The van der Waals surface area contributed by atoms with Gasteiger partial charge in [-0.1, -0.05) is 172 Å². The highest BCUT2D eigenvalue weighted by atomic mass is 31.2. The van der Waals surface area contributed by atoms with Crippen molar-refractivity contribution in [3.8, 4) is 0 Å². The SMILES string of the molecule is CCCCCC/C=C\CCCCCCCCOCC(COP(=O)(O)OCC[N+](C)(C)C)OC(=O)CCCCCCCCCC/C=C\C/C=C\C/C=C\CCCCCCC. The number of allylic oxidation sites excluding steroid dienone is 8. The molecule has 346 valence electrons. The maximum atomic E-state index is 12.7. The van der Waals surface area contributed by atoms with E-state index in [-0.39, 0.29) is 25.8 Å². The predicted molar refractivity (Wildman–Crippen MR) is 252 cm³/mol. The van der Waals surface area contributed by atoms with Crippen LogP contribution in [-0.2, 0) is 27.9 Å². The van der Waals surface area contributed by atoms with Gasteiger partial charge in [-0.05, 0) is 77.0 Å². The number of likely N-dealkylation sites (N-methyl/N-ethyl adjacent to an activating group) is 1. The molecule has 0 bridgehead atoms. The van der Waals surface area contributed by atoms with Gasteiger partial charge in [0.15, 0.2) is 0 Å². The number of hydrogen-bond acceptors (Lipinski definition) is 6. The Kier molecular flexibility index (Phi) is 42.0. The zero-order chi connectivity index (χ0) is 43.4. The van der Waals surface area contributed by atoms with E-state index in [1.54, 1.807) is 0 Å². The molecule has 0 radical (unpaired) electrons. The Hall–Kier alpha value is -1.54. The largest absolute Gasteiger partial charge is 0.472 e. The van der Waals surface area contributed by atoms with Crippen molar-refractivity contribution in [2.45, 2.75) is 213 Å². The van der Waals surface area contributed by atoms with Gasteiger partial charge in [0, 0.05) is 13.0 Å². The van der Waals surface area contributed by atoms with E-state index in [2.05, 4.69) is 62.5 Å². The van der Waals surface area contributed by atoms with Gasteiger partial charge in [0.05, 0.1) is 34.4 Å². The van der Waals surface area contributed by atoms with E-state index in [4.69, 9.17) is 18.5 Å². The lowest BCUT2D eigenvalue weighted by Crippen LogP contribution is -2.37. The Labute approximate surface area is 365 Å². The third kappa shape index (κ3) is 47.4. The van der Waals surface area contributed by atoms with Crippen molar-refractivity contribution < 1.29 is 37.3 Å². The highest BCUT2D eigenvalue weighted by Gasteiger charge is 2.26. The summed E-state index contributed by atoms with van der Waals surface area (Å²) >= 11 is 0. The first-order valence-corrected chi connectivity index (χ1v) is 25.9. The highest BCUT2D eigenvalue weighted by Crippen LogP contribution is 2.43. The molecule has 0 amide bonds. The van der Waals surface area contributed by atoms with E-state index in [9.17, 15) is 14.3 Å². The van der Waals surface area contributed by atoms with Crippen LogP contribution in [0, 0.1) is 0 Å². The molecule has 0 spiro atoms. The summed E-state index contributed by atoms with van der Waals surface area (Å²) in [5.41, 5.74) is 0. The fraction of sp³-hybridized carbons (Fsp3) is 0.820. The summed E-state index contributed by atoms with van der Waals surface area (Å²) < 4.78 is 35.1. The summed E-state index contributed by atoms with van der Waals surface area (Å²) in [6, 6.07) is 0. The van der Waals surface area contributed by atoms with Crippen molar-refractivity contribution in [3.05, 3.63) is 48.6 Å². The summed E-state index contributed by atoms with van der Waals surface area (Å²) in [6.45, 7) is 5.58. The van der Waals surface area contributed by atoms with Crippen LogP contribution >= 0.6 is 7.82 Å². The summed E-state index contributed by atoms with van der Waals surface area (Å²) in [7, 11) is 1.66. The van der Waals surface area contributed by atoms with Gasteiger partial charge in [-0.3, -0.25) is 13.8 Å². The van der Waals surface area contributed by atoms with E-state index in [1.807, 2.05) is 21.1 Å². The first kappa shape index (κ1) is 57.5. The van der Waals surface area contributed by atoms with Crippen LogP contribution in [0.5, 0.6) is 0 Å². The van der Waals surface area contributed by atoms with Crippen molar-refractivity contribution >= 4 is 13.8 Å². The Morgan fingerprint density at radius 2 is 0.932 bits per heavy atom. The third-order valence-corrected chi connectivity index (χ3v) is 11.3. The first-order valence-electron chi connectivity index (χ1n) is 24.4. The van der Waals surface area contributed by atoms with Crippen molar-refractivity contribution in [2.24, 2.45) is 0 Å². The Bertz CT molecular complexity index is 1080. The second-order valence-electron chi connectivity index (χ2n) is 17.5. The summed E-state index contributed by atoms with van der Waals surface area (Å²) in [6.07, 6.45) is 52.9. The smallest absolute Gasteiger partial charge is 0.457 e. The number of nitrogens with zero attached hydrogens (tertiary/aromatic N) is 1. The van der Waals surface area contributed by atoms with Gasteiger partial charge in [-0.2, -0.15) is 0 Å². The van der Waals surface area contributed by atoms with Crippen molar-refractivity contribution in [2.75, 3.05) is 54.1 Å². The van der Waals surface area contributed by atoms with Gasteiger partial charge in [0.25, 0.3) is 0 Å². The van der Waals surface area contributed by atoms with E-state index in [1.165, 1.54) is 135 Å². The van der Waals surface area contributed by atoms with Gasteiger partial charge < -0.3 is 18.9 Å². The third-order valence-electron chi connectivity index (χ3n) is 10.4. The summed E-state index contributed by atoms with van der Waals surface area (Å²) in [5, 5.41) is 0. The molecule has 59 heavy (non-hydrogen) atoms. The number of carbonyl (C=O) groups excluding carboxylic acids is 1. The zero-order valence-electron chi connectivity index (χ0n) is 39.2. The van der Waals surface area contributed by atoms with Crippen LogP contribution in [0.1, 0.15) is 206 Å². The minimum absolute atomic E-state index is 0.0847. The number of carbonyl (C=O) groups is 1. The molecule has 0 fully saturated rings. The van der Waals surface area contributed by atoms with Crippen LogP contribution in [0.2, 0.25) is 0 Å². The topological polar surface area (TPSA) is 91.3 Å². The van der Waals surface area contributed by atoms with Gasteiger partial charge in [0.1, 0.15) is 19.3 Å². The number of ether oxygens (including phenoxy) is 2. The molecular formula is C50H95NO7P+. The average molecular weight is 853 g/mol. The van der Waals surface area contributed by atoms with E-state index in [0.29, 0.717) is 24.1 Å². The van der Waals surface area contributed by atoms with Crippen LogP contribution in [0.25, 0.3) is 0 Å². The van der Waals surface area contributed by atoms with Crippen molar-refractivity contribution in [1.82, 2.24) is 0 Å². The molecule has 2 atom stereocenters. The zero-order valence-corrected chi connectivity index (χ0v) is 40.1. The van der Waals surface area contributed by atoms with Gasteiger partial charge in [-0.25, -0.2) is 4.57 Å². The molecule has 0 aromatic carbocycles. The molecule has 0 rings (SSSR count). The molecule has 1 N–H and O–H groups in total. The fourth-order valence-corrected chi connectivity index (χ4v) is 7.30. The quantitative estimate of drug-likeness (QED) is 0.0214. The number of unbranched alkanes of at least 4 members (excludes halogenated alkanes) is 23. The lowest BCUT2D eigenvalue weighted by atomic mass is 10.1. The summed E-state index contributed by atoms with van der Waals surface area (Å²) in [5.74, 6) is -0.323. The molecule has 0 aliphatic heterocycles. The molecule has 0 heterocycles. The molecule has 0 aromatic rings. The molecule has 8 nitrogen and oxygen atoms in total. The summed E-state index contributed by atoms with van der Waals surface area (Å²) in [4.78, 5) is 23.0. The molecular weight excluding hydrogens is 758 g/mol. The van der Waals surface area contributed by atoms with Crippen LogP contribution in [0.4, 0.5) is 0 Å². The average Bonchev–Trinajstić information content (AvgIpc) is 3.19. The van der Waals surface area contributed by atoms with Crippen LogP contribution in [-0.4, -0.2) is 75.6 Å². The molecule has 0 aromatic heterocycles. The highest BCUT2D eigenvalue weighted by molar-refractivity contribution is 7.47. The number of phosphoric ester groups is 1. The minimum Gasteiger partial charge on any atom is -0.457 e. The Morgan fingerprint density at radius 1 is 0.525 bits per heavy atom. The number of esters is 1. The number of phosphoric acid groups is 1. The van der Waals surface area contributed by atoms with Crippen molar-refractivity contribution in [3.63, 3.8) is 0 Å². The Balaban J connectivity index is 4.18. The molecule has 2 unspecified atom stereocenters. The second kappa shape index (κ2) is 43.1. The fourth-order valence-electron chi connectivity index (χ4n) is 6.55. The lowest BCUT2D eigenvalue weighted by molar-refractivity contribution is -0.870. The van der Waals surface area contributed by atoms with E-state index < -0.39 is 13.9 Å². The van der Waals surface area contributed by atoms with E-state index >= 15 is 0 Å². The number of rotatable bonds is 45. The van der Waals surface area contributed by atoms with E-state index in [0.717, 1.165) is 51.4 Å². The molecule has 0 aliphatic rings. The monoisotopic (exact) mass is 853 g/mol. The van der Waals surface area contributed by atoms with Crippen molar-refractivity contribution in [1.29, 1.82) is 0 Å². The van der Waals surface area contributed by atoms with Crippen LogP contribution in [0.15, 0.2) is 48.6 Å². The molecule has 0 saturated heterocycles. The van der Waals surface area contributed by atoms with Gasteiger partial charge in [-0.15, -0.1) is 0 Å². The minimum atomic E-state index is -4.28. The maximum Gasteiger partial charge on any atom is 0.472 e. The molecule has 0 saturated carbocycles. The number of quaternary nitrogens is 1. The predicted octanol–water partition coefficient (Wildman–Crippen LogP) is 14.7.